The van der Waals surface area contributed by atoms with Crippen molar-refractivity contribution in [3.8, 4) is 0 Å². The van der Waals surface area contributed by atoms with Gasteiger partial charge in [0, 0.05) is 16.8 Å². The van der Waals surface area contributed by atoms with Crippen LogP contribution in [-0.4, -0.2) is 23.8 Å². The average Bonchev–Trinajstić information content (AvgIpc) is 2.74. The summed E-state index contributed by atoms with van der Waals surface area (Å²) in [5, 5.41) is 2.68. The molecule has 3 aromatic carbocycles. The molecular weight excluding hydrogens is 354 g/mol. The Morgan fingerprint density at radius 1 is 0.750 bits per heavy atom. The molecule has 0 aromatic heterocycles. The fraction of sp³-hybridized carbons (Fsp3) is 0.0870. The molecule has 0 aliphatic heterocycles. The van der Waals surface area contributed by atoms with Crippen LogP contribution in [0, 0.1) is 0 Å². The molecule has 0 fully saturated rings. The van der Waals surface area contributed by atoms with Crippen LogP contribution in [0.15, 0.2) is 84.9 Å². The molecular formula is C23H19NO4. The van der Waals surface area contributed by atoms with Crippen LogP contribution in [0.3, 0.4) is 0 Å². The Morgan fingerprint density at radius 2 is 1.29 bits per heavy atom. The van der Waals surface area contributed by atoms with Gasteiger partial charge in [-0.05, 0) is 25.1 Å². The van der Waals surface area contributed by atoms with Crippen molar-refractivity contribution in [1.82, 2.24) is 0 Å². The minimum Gasteiger partial charge on any atom is -0.449 e. The van der Waals surface area contributed by atoms with Gasteiger partial charge in [-0.25, -0.2) is 4.79 Å². The third-order valence-corrected chi connectivity index (χ3v) is 4.12. The second-order valence-corrected chi connectivity index (χ2v) is 6.14. The minimum atomic E-state index is -1.02. The molecule has 0 spiro atoms. The summed E-state index contributed by atoms with van der Waals surface area (Å²) < 4.78 is 5.29. The third-order valence-electron chi connectivity index (χ3n) is 4.12. The summed E-state index contributed by atoms with van der Waals surface area (Å²) >= 11 is 0. The van der Waals surface area contributed by atoms with Gasteiger partial charge in [0.05, 0.1) is 5.56 Å². The summed E-state index contributed by atoms with van der Waals surface area (Å²) in [6, 6.07) is 24.0. The molecule has 0 bridgehead atoms. The highest BCUT2D eigenvalue weighted by atomic mass is 16.5. The standard InChI is InChI=1S/C23H19NO4/c1-16(22(26)24-18-12-6-3-7-13-18)28-23(27)20-15-9-8-14-19(20)21(25)17-10-4-2-5-11-17/h2-16H,1H3,(H,24,26). The van der Waals surface area contributed by atoms with Crippen LogP contribution in [0.5, 0.6) is 0 Å². The van der Waals surface area contributed by atoms with Crippen LogP contribution >= 0.6 is 0 Å². The van der Waals surface area contributed by atoms with Crippen molar-refractivity contribution in [3.05, 3.63) is 102 Å². The van der Waals surface area contributed by atoms with E-state index in [2.05, 4.69) is 5.32 Å². The molecule has 0 aliphatic carbocycles. The number of hydrogen-bond donors (Lipinski definition) is 1. The average molecular weight is 373 g/mol. The predicted octanol–water partition coefficient (Wildman–Crippen LogP) is 4.10. The highest BCUT2D eigenvalue weighted by Crippen LogP contribution is 2.17. The van der Waals surface area contributed by atoms with Gasteiger partial charge in [0.1, 0.15) is 0 Å². The number of amides is 1. The Hall–Kier alpha value is -3.73. The van der Waals surface area contributed by atoms with E-state index in [4.69, 9.17) is 4.74 Å². The number of para-hydroxylation sites is 1. The SMILES string of the molecule is CC(OC(=O)c1ccccc1C(=O)c1ccccc1)C(=O)Nc1ccccc1. The summed E-state index contributed by atoms with van der Waals surface area (Å²) in [5.41, 5.74) is 1.43. The van der Waals surface area contributed by atoms with Crippen LogP contribution in [0.1, 0.15) is 33.2 Å². The van der Waals surface area contributed by atoms with E-state index in [0.29, 0.717) is 11.3 Å². The van der Waals surface area contributed by atoms with E-state index in [9.17, 15) is 14.4 Å². The molecule has 0 aliphatic rings. The van der Waals surface area contributed by atoms with Gasteiger partial charge in [-0.2, -0.15) is 0 Å². The van der Waals surface area contributed by atoms with Gasteiger partial charge in [-0.3, -0.25) is 9.59 Å². The normalized spacial score (nSPS) is 11.3. The quantitative estimate of drug-likeness (QED) is 0.521. The van der Waals surface area contributed by atoms with Crippen LogP contribution in [0.2, 0.25) is 0 Å². The third kappa shape index (κ3) is 4.51. The van der Waals surface area contributed by atoms with E-state index in [1.807, 2.05) is 12.1 Å². The number of anilines is 1. The molecule has 140 valence electrons. The molecule has 3 aromatic rings. The molecule has 1 amide bonds. The first-order chi connectivity index (χ1) is 13.6. The predicted molar refractivity (Wildman–Crippen MR) is 106 cm³/mol. The summed E-state index contributed by atoms with van der Waals surface area (Å²) in [7, 11) is 0. The van der Waals surface area contributed by atoms with Gasteiger partial charge in [0.2, 0.25) is 0 Å². The first kappa shape index (κ1) is 19.0. The Bertz CT molecular complexity index is 984. The number of carbonyl (C=O) groups is 3. The highest BCUT2D eigenvalue weighted by Gasteiger charge is 2.23. The smallest absolute Gasteiger partial charge is 0.339 e. The van der Waals surface area contributed by atoms with Crippen molar-refractivity contribution in [3.63, 3.8) is 0 Å². The van der Waals surface area contributed by atoms with Gasteiger partial charge in [0.25, 0.3) is 5.91 Å². The lowest BCUT2D eigenvalue weighted by atomic mass is 9.98. The van der Waals surface area contributed by atoms with E-state index in [1.165, 1.54) is 13.0 Å². The van der Waals surface area contributed by atoms with Crippen molar-refractivity contribution in [2.75, 3.05) is 5.32 Å². The van der Waals surface area contributed by atoms with E-state index in [1.54, 1.807) is 66.7 Å². The minimum absolute atomic E-state index is 0.121. The highest BCUT2D eigenvalue weighted by molar-refractivity contribution is 6.14. The second-order valence-electron chi connectivity index (χ2n) is 6.14. The lowest BCUT2D eigenvalue weighted by molar-refractivity contribution is -0.123. The molecule has 5 nitrogen and oxygen atoms in total. The summed E-state index contributed by atoms with van der Waals surface area (Å²) in [6.45, 7) is 1.48. The van der Waals surface area contributed by atoms with Crippen LogP contribution in [0.25, 0.3) is 0 Å². The molecule has 1 atom stereocenters. The molecule has 3 rings (SSSR count). The van der Waals surface area contributed by atoms with Gasteiger partial charge >= 0.3 is 5.97 Å². The monoisotopic (exact) mass is 373 g/mol. The van der Waals surface area contributed by atoms with Crippen molar-refractivity contribution in [2.24, 2.45) is 0 Å². The largest absolute Gasteiger partial charge is 0.449 e. The molecule has 0 radical (unpaired) electrons. The fourth-order valence-corrected chi connectivity index (χ4v) is 2.65. The van der Waals surface area contributed by atoms with Crippen molar-refractivity contribution in [1.29, 1.82) is 0 Å². The molecule has 1 unspecified atom stereocenters. The first-order valence-corrected chi connectivity index (χ1v) is 8.82. The molecule has 28 heavy (non-hydrogen) atoms. The van der Waals surface area contributed by atoms with E-state index >= 15 is 0 Å². The number of esters is 1. The molecule has 0 heterocycles. The lowest BCUT2D eigenvalue weighted by Gasteiger charge is -2.15. The number of ketones is 1. The van der Waals surface area contributed by atoms with Crippen molar-refractivity contribution in [2.45, 2.75) is 13.0 Å². The zero-order valence-corrected chi connectivity index (χ0v) is 15.3. The maximum atomic E-state index is 12.7. The first-order valence-electron chi connectivity index (χ1n) is 8.82. The maximum absolute atomic E-state index is 12.7. The molecule has 5 heteroatoms. The van der Waals surface area contributed by atoms with Gasteiger partial charge < -0.3 is 10.1 Å². The zero-order chi connectivity index (χ0) is 19.9. The Labute approximate surface area is 163 Å². The number of carbonyl (C=O) groups excluding carboxylic acids is 3. The number of benzene rings is 3. The maximum Gasteiger partial charge on any atom is 0.339 e. The van der Waals surface area contributed by atoms with E-state index < -0.39 is 18.0 Å². The Kier molecular flexibility index (Phi) is 5.97. The van der Waals surface area contributed by atoms with E-state index in [0.717, 1.165) is 0 Å². The number of hydrogen-bond acceptors (Lipinski definition) is 4. The van der Waals surface area contributed by atoms with Crippen LogP contribution < -0.4 is 5.32 Å². The zero-order valence-electron chi connectivity index (χ0n) is 15.3. The fourth-order valence-electron chi connectivity index (χ4n) is 2.65. The van der Waals surface area contributed by atoms with E-state index in [-0.39, 0.29) is 16.9 Å². The Balaban J connectivity index is 1.74. The van der Waals surface area contributed by atoms with Gasteiger partial charge in [-0.1, -0.05) is 66.7 Å². The van der Waals surface area contributed by atoms with Crippen molar-refractivity contribution < 1.29 is 19.1 Å². The second kappa shape index (κ2) is 8.77. The topological polar surface area (TPSA) is 72.5 Å². The molecule has 0 saturated carbocycles. The number of rotatable bonds is 6. The van der Waals surface area contributed by atoms with Crippen molar-refractivity contribution >= 4 is 23.3 Å². The summed E-state index contributed by atoms with van der Waals surface area (Å²) in [4.78, 5) is 37.6. The number of ether oxygens (including phenoxy) is 1. The Morgan fingerprint density at radius 3 is 1.93 bits per heavy atom. The van der Waals surface area contributed by atoms with Crippen LogP contribution in [0.4, 0.5) is 5.69 Å². The molecule has 0 saturated heterocycles. The summed E-state index contributed by atoms with van der Waals surface area (Å²) in [6.07, 6.45) is -1.02. The van der Waals surface area contributed by atoms with Gasteiger partial charge in [-0.15, -0.1) is 0 Å². The lowest BCUT2D eigenvalue weighted by Crippen LogP contribution is -2.30. The van der Waals surface area contributed by atoms with Crippen LogP contribution in [-0.2, 0) is 9.53 Å². The molecule has 1 N–H and O–H groups in total. The summed E-state index contributed by atoms with van der Waals surface area (Å²) in [5.74, 6) is -1.46. The number of nitrogens with one attached hydrogen (secondary N) is 1. The van der Waals surface area contributed by atoms with Gasteiger partial charge in [0.15, 0.2) is 11.9 Å².